The zero-order valence-electron chi connectivity index (χ0n) is 14.4. The number of nitrogens with zero attached hydrogens (tertiary/aromatic N) is 6. The summed E-state index contributed by atoms with van der Waals surface area (Å²) < 4.78 is 4.61. The van der Waals surface area contributed by atoms with Crippen molar-refractivity contribution in [3.05, 3.63) is 58.5 Å². The van der Waals surface area contributed by atoms with Crippen LogP contribution in [0.3, 0.4) is 0 Å². The highest BCUT2D eigenvalue weighted by molar-refractivity contribution is 5.92. The molecule has 1 aromatic carbocycles. The van der Waals surface area contributed by atoms with Crippen LogP contribution in [0.15, 0.2) is 41.3 Å². The molecule has 0 fully saturated rings. The predicted octanol–water partition coefficient (Wildman–Crippen LogP) is 0.297. The normalized spacial score (nSPS) is 16.7. The number of fused-ring (bicyclic) bond motifs is 1. The van der Waals surface area contributed by atoms with Crippen LogP contribution in [0.5, 0.6) is 0 Å². The number of para-hydroxylation sites is 1. The Bertz CT molecular complexity index is 986. The lowest BCUT2D eigenvalue weighted by Crippen LogP contribution is -2.36. The molecule has 9 nitrogen and oxygen atoms in total. The van der Waals surface area contributed by atoms with Crippen molar-refractivity contribution < 1.29 is 4.79 Å². The van der Waals surface area contributed by atoms with Gasteiger partial charge in [-0.25, -0.2) is 14.2 Å². The van der Waals surface area contributed by atoms with Gasteiger partial charge in [-0.15, -0.1) is 5.10 Å². The first-order chi connectivity index (χ1) is 12.6. The number of aryl methyl sites for hydroxylation is 2. The van der Waals surface area contributed by atoms with Crippen molar-refractivity contribution in [3.63, 3.8) is 0 Å². The third-order valence-corrected chi connectivity index (χ3v) is 4.58. The molecular weight excluding hydrogens is 334 g/mol. The fourth-order valence-electron chi connectivity index (χ4n) is 3.18. The SMILES string of the molecule is Cn1nc2n(c1=O)CCC(NC(=O)c1cn(-c3ccccc3)nn1)CC2. The molecule has 1 unspecified atom stereocenters. The van der Waals surface area contributed by atoms with Crippen LogP contribution in [0.1, 0.15) is 29.2 Å². The highest BCUT2D eigenvalue weighted by atomic mass is 16.2. The van der Waals surface area contributed by atoms with Gasteiger partial charge < -0.3 is 5.32 Å². The predicted molar refractivity (Wildman–Crippen MR) is 93.0 cm³/mol. The van der Waals surface area contributed by atoms with Gasteiger partial charge in [-0.3, -0.25) is 9.36 Å². The summed E-state index contributed by atoms with van der Waals surface area (Å²) >= 11 is 0. The Hall–Kier alpha value is -3.23. The molecule has 2 aromatic heterocycles. The molecule has 134 valence electrons. The quantitative estimate of drug-likeness (QED) is 0.730. The van der Waals surface area contributed by atoms with Crippen LogP contribution in [0, 0.1) is 0 Å². The van der Waals surface area contributed by atoms with E-state index in [1.54, 1.807) is 22.5 Å². The van der Waals surface area contributed by atoms with E-state index in [9.17, 15) is 9.59 Å². The minimum Gasteiger partial charge on any atom is -0.348 e. The van der Waals surface area contributed by atoms with Gasteiger partial charge in [0.1, 0.15) is 5.82 Å². The van der Waals surface area contributed by atoms with Crippen LogP contribution < -0.4 is 11.0 Å². The number of benzene rings is 1. The lowest BCUT2D eigenvalue weighted by Gasteiger charge is -2.14. The average Bonchev–Trinajstić information content (AvgIpc) is 3.19. The van der Waals surface area contributed by atoms with E-state index >= 15 is 0 Å². The monoisotopic (exact) mass is 353 g/mol. The molecule has 1 atom stereocenters. The molecule has 4 rings (SSSR count). The minimum absolute atomic E-state index is 0.0317. The molecule has 0 bridgehead atoms. The van der Waals surface area contributed by atoms with Crippen molar-refractivity contribution >= 4 is 5.91 Å². The van der Waals surface area contributed by atoms with Gasteiger partial charge in [0.15, 0.2) is 5.69 Å². The van der Waals surface area contributed by atoms with Gasteiger partial charge in [-0.1, -0.05) is 23.4 Å². The second-order valence-electron chi connectivity index (χ2n) is 6.36. The summed E-state index contributed by atoms with van der Waals surface area (Å²) in [6, 6.07) is 9.47. The highest BCUT2D eigenvalue weighted by Gasteiger charge is 2.22. The first-order valence-electron chi connectivity index (χ1n) is 8.53. The Morgan fingerprint density at radius 3 is 2.85 bits per heavy atom. The van der Waals surface area contributed by atoms with E-state index in [4.69, 9.17) is 0 Å². The fourth-order valence-corrected chi connectivity index (χ4v) is 3.18. The van der Waals surface area contributed by atoms with Crippen molar-refractivity contribution in [2.75, 3.05) is 0 Å². The minimum atomic E-state index is -0.260. The first-order valence-corrected chi connectivity index (χ1v) is 8.53. The second-order valence-corrected chi connectivity index (χ2v) is 6.36. The van der Waals surface area contributed by atoms with E-state index in [0.29, 0.717) is 19.4 Å². The number of aromatic nitrogens is 6. The van der Waals surface area contributed by atoms with Crippen LogP contribution in [0.2, 0.25) is 0 Å². The molecule has 0 saturated carbocycles. The topological polar surface area (TPSA) is 99.6 Å². The molecule has 26 heavy (non-hydrogen) atoms. The number of rotatable bonds is 3. The number of nitrogens with one attached hydrogen (secondary N) is 1. The van der Waals surface area contributed by atoms with Crippen LogP contribution in [0.25, 0.3) is 5.69 Å². The van der Waals surface area contributed by atoms with Crippen molar-refractivity contribution in [1.29, 1.82) is 0 Å². The maximum atomic E-state index is 12.5. The van der Waals surface area contributed by atoms with E-state index in [0.717, 1.165) is 17.9 Å². The smallest absolute Gasteiger partial charge is 0.345 e. The molecule has 1 aliphatic rings. The standard InChI is InChI=1S/C17H19N7O2/c1-22-17(26)23-10-9-12(7-8-15(23)20-22)18-16(25)14-11-24(21-19-14)13-5-3-2-4-6-13/h2-6,11-12H,7-10H2,1H3,(H,18,25). The Balaban J connectivity index is 1.43. The Morgan fingerprint density at radius 2 is 2.04 bits per heavy atom. The number of hydrogen-bond donors (Lipinski definition) is 1. The summed E-state index contributed by atoms with van der Waals surface area (Å²) in [5.74, 6) is 0.508. The summed E-state index contributed by atoms with van der Waals surface area (Å²) in [6.45, 7) is 0.545. The zero-order valence-corrected chi connectivity index (χ0v) is 14.4. The van der Waals surface area contributed by atoms with E-state index in [1.807, 2.05) is 30.3 Å². The summed E-state index contributed by atoms with van der Waals surface area (Å²) in [5, 5.41) is 15.2. The van der Waals surface area contributed by atoms with Gasteiger partial charge >= 0.3 is 5.69 Å². The molecule has 0 saturated heterocycles. The second kappa shape index (κ2) is 6.58. The van der Waals surface area contributed by atoms with Crippen molar-refractivity contribution in [1.82, 2.24) is 34.7 Å². The molecule has 9 heteroatoms. The molecular formula is C17H19N7O2. The number of carbonyl (C=O) groups excluding carboxylic acids is 1. The van der Waals surface area contributed by atoms with Gasteiger partial charge in [0.25, 0.3) is 5.91 Å². The summed E-state index contributed by atoms with van der Waals surface area (Å²) in [4.78, 5) is 24.5. The molecule has 3 aromatic rings. The number of hydrogen-bond acceptors (Lipinski definition) is 5. The van der Waals surface area contributed by atoms with Crippen molar-refractivity contribution in [2.24, 2.45) is 7.05 Å². The number of carbonyl (C=O) groups is 1. The Kier molecular flexibility index (Phi) is 4.11. The van der Waals surface area contributed by atoms with Crippen LogP contribution in [-0.4, -0.2) is 41.3 Å². The third-order valence-electron chi connectivity index (χ3n) is 4.58. The molecule has 0 spiro atoms. The van der Waals surface area contributed by atoms with Gasteiger partial charge in [-0.2, -0.15) is 5.10 Å². The Morgan fingerprint density at radius 1 is 1.23 bits per heavy atom. The fraction of sp³-hybridized carbons (Fsp3) is 0.353. The average molecular weight is 353 g/mol. The highest BCUT2D eigenvalue weighted by Crippen LogP contribution is 2.12. The molecule has 1 N–H and O–H groups in total. The first kappa shape index (κ1) is 16.2. The molecule has 0 radical (unpaired) electrons. The van der Waals surface area contributed by atoms with E-state index in [1.165, 1.54) is 4.68 Å². The van der Waals surface area contributed by atoms with E-state index < -0.39 is 0 Å². The lowest BCUT2D eigenvalue weighted by molar-refractivity contribution is 0.0927. The maximum Gasteiger partial charge on any atom is 0.345 e. The van der Waals surface area contributed by atoms with Gasteiger partial charge in [0, 0.05) is 26.1 Å². The van der Waals surface area contributed by atoms with Crippen LogP contribution in [-0.2, 0) is 20.0 Å². The Labute approximate surface area is 149 Å². The summed E-state index contributed by atoms with van der Waals surface area (Å²) in [6.07, 6.45) is 3.67. The maximum absolute atomic E-state index is 12.5. The van der Waals surface area contributed by atoms with E-state index in [2.05, 4.69) is 20.7 Å². The van der Waals surface area contributed by atoms with Gasteiger partial charge in [0.2, 0.25) is 0 Å². The van der Waals surface area contributed by atoms with E-state index in [-0.39, 0.29) is 23.3 Å². The number of amides is 1. The van der Waals surface area contributed by atoms with Gasteiger partial charge in [0.05, 0.1) is 11.9 Å². The lowest BCUT2D eigenvalue weighted by atomic mass is 10.1. The van der Waals surface area contributed by atoms with Crippen LogP contribution in [0.4, 0.5) is 0 Å². The molecule has 1 aliphatic heterocycles. The van der Waals surface area contributed by atoms with Crippen LogP contribution >= 0.6 is 0 Å². The third kappa shape index (κ3) is 3.03. The van der Waals surface area contributed by atoms with Gasteiger partial charge in [-0.05, 0) is 25.0 Å². The molecule has 3 heterocycles. The molecule has 1 amide bonds. The summed E-state index contributed by atoms with van der Waals surface area (Å²) in [7, 11) is 1.65. The van der Waals surface area contributed by atoms with Crippen molar-refractivity contribution in [3.8, 4) is 5.69 Å². The zero-order chi connectivity index (χ0) is 18.1. The van der Waals surface area contributed by atoms with Crippen molar-refractivity contribution in [2.45, 2.75) is 31.8 Å². The summed E-state index contributed by atoms with van der Waals surface area (Å²) in [5.41, 5.74) is 0.999. The molecule has 0 aliphatic carbocycles. The largest absolute Gasteiger partial charge is 0.348 e.